The first-order valence-corrected chi connectivity index (χ1v) is 11.7. The SMILES string of the molecule is O=C(CSc1nnnn1-c1ccc(C2CC2)cc1Cl)Nc1ccc(C#CCCO)cc1Cl. The number of benzene rings is 2. The van der Waals surface area contributed by atoms with E-state index in [0.29, 0.717) is 44.5 Å². The van der Waals surface area contributed by atoms with Crippen molar-refractivity contribution in [3.05, 3.63) is 57.6 Å². The van der Waals surface area contributed by atoms with Crippen LogP contribution in [-0.4, -0.2) is 43.6 Å². The minimum Gasteiger partial charge on any atom is -0.395 e. The zero-order valence-corrected chi connectivity index (χ0v) is 19.2. The molecule has 4 rings (SSSR count). The summed E-state index contributed by atoms with van der Waals surface area (Å²) in [6.07, 6.45) is 2.78. The molecule has 1 heterocycles. The van der Waals surface area contributed by atoms with Crippen molar-refractivity contribution >= 4 is 46.6 Å². The molecular formula is C22H19Cl2N5O2S. The summed E-state index contributed by atoms with van der Waals surface area (Å²) in [5, 5.41) is 24.7. The molecule has 0 spiro atoms. The minimum absolute atomic E-state index is 0.00774. The lowest BCUT2D eigenvalue weighted by atomic mass is 10.1. The highest BCUT2D eigenvalue weighted by Gasteiger charge is 2.24. The van der Waals surface area contributed by atoms with Gasteiger partial charge in [-0.25, -0.2) is 0 Å². The van der Waals surface area contributed by atoms with Crippen LogP contribution >= 0.6 is 35.0 Å². The van der Waals surface area contributed by atoms with Gasteiger partial charge >= 0.3 is 0 Å². The zero-order valence-electron chi connectivity index (χ0n) is 16.9. The van der Waals surface area contributed by atoms with Crippen molar-refractivity contribution in [3.8, 4) is 17.5 Å². The Bertz CT molecular complexity index is 1200. The van der Waals surface area contributed by atoms with E-state index in [1.54, 1.807) is 18.2 Å². The van der Waals surface area contributed by atoms with Crippen LogP contribution in [0.3, 0.4) is 0 Å². The molecule has 1 fully saturated rings. The first kappa shape index (κ1) is 22.6. The third kappa shape index (κ3) is 5.61. The van der Waals surface area contributed by atoms with Crippen LogP contribution in [0.25, 0.3) is 5.69 Å². The maximum Gasteiger partial charge on any atom is 0.234 e. The van der Waals surface area contributed by atoms with Crippen molar-refractivity contribution < 1.29 is 9.90 Å². The second kappa shape index (κ2) is 10.4. The molecule has 7 nitrogen and oxygen atoms in total. The number of aromatic nitrogens is 4. The Kier molecular flexibility index (Phi) is 7.33. The molecule has 0 aliphatic heterocycles. The van der Waals surface area contributed by atoms with E-state index in [0.717, 1.165) is 0 Å². The van der Waals surface area contributed by atoms with Crippen molar-refractivity contribution in [3.63, 3.8) is 0 Å². The van der Waals surface area contributed by atoms with Gasteiger partial charge in [0.2, 0.25) is 11.1 Å². The van der Waals surface area contributed by atoms with Crippen LogP contribution in [0, 0.1) is 11.8 Å². The van der Waals surface area contributed by atoms with Crippen LogP contribution in [0.4, 0.5) is 5.69 Å². The van der Waals surface area contributed by atoms with Gasteiger partial charge in [0.1, 0.15) is 0 Å². The molecule has 0 unspecified atom stereocenters. The smallest absolute Gasteiger partial charge is 0.234 e. The number of aliphatic hydroxyl groups is 1. The van der Waals surface area contributed by atoms with E-state index in [4.69, 9.17) is 28.3 Å². The summed E-state index contributed by atoms with van der Waals surface area (Å²) in [7, 11) is 0. The highest BCUT2D eigenvalue weighted by Crippen LogP contribution is 2.41. The van der Waals surface area contributed by atoms with Crippen molar-refractivity contribution in [2.45, 2.75) is 30.3 Å². The monoisotopic (exact) mass is 487 g/mol. The third-order valence-electron chi connectivity index (χ3n) is 4.73. The van der Waals surface area contributed by atoms with Gasteiger partial charge < -0.3 is 10.4 Å². The van der Waals surface area contributed by atoms with Crippen LogP contribution in [0.1, 0.15) is 36.3 Å². The lowest BCUT2D eigenvalue weighted by Gasteiger charge is -2.09. The quantitative estimate of drug-likeness (QED) is 0.380. The van der Waals surface area contributed by atoms with Gasteiger partial charge in [-0.1, -0.05) is 52.9 Å². The maximum absolute atomic E-state index is 12.4. The molecule has 0 bridgehead atoms. The molecule has 3 aromatic rings. The fourth-order valence-electron chi connectivity index (χ4n) is 3.02. The maximum atomic E-state index is 12.4. The molecule has 0 saturated heterocycles. The summed E-state index contributed by atoms with van der Waals surface area (Å²) in [4.78, 5) is 12.4. The molecule has 0 atom stereocenters. The second-order valence-corrected chi connectivity index (χ2v) is 8.92. The number of nitrogens with zero attached hydrogens (tertiary/aromatic N) is 4. The van der Waals surface area contributed by atoms with Crippen molar-refractivity contribution in [2.24, 2.45) is 0 Å². The van der Waals surface area contributed by atoms with Gasteiger partial charge in [-0.3, -0.25) is 4.79 Å². The van der Waals surface area contributed by atoms with Crippen LogP contribution in [0.15, 0.2) is 41.6 Å². The number of rotatable bonds is 7. The average molecular weight is 488 g/mol. The predicted molar refractivity (Wildman–Crippen MR) is 126 cm³/mol. The number of anilines is 1. The minimum atomic E-state index is -0.249. The number of hydrogen-bond donors (Lipinski definition) is 2. The number of thioether (sulfide) groups is 1. The van der Waals surface area contributed by atoms with Gasteiger partial charge in [0.05, 0.1) is 33.8 Å². The summed E-state index contributed by atoms with van der Waals surface area (Å²) in [5.74, 6) is 6.17. The number of hydrogen-bond acceptors (Lipinski definition) is 6. The van der Waals surface area contributed by atoms with Gasteiger partial charge in [-0.05, 0) is 65.1 Å². The second-order valence-electron chi connectivity index (χ2n) is 7.17. The standard InChI is InChI=1S/C22H19Cl2N5O2S/c23-17-11-14(3-1-2-10-30)4-8-19(17)25-21(31)13-32-22-26-27-28-29(22)20-9-7-16(12-18(20)24)15-5-6-15/h4,7-9,11-12,15,30H,2,5-6,10,13H2,(H,25,31). The molecule has 1 aliphatic carbocycles. The molecule has 1 amide bonds. The molecule has 164 valence electrons. The molecule has 32 heavy (non-hydrogen) atoms. The Morgan fingerprint density at radius 1 is 1.22 bits per heavy atom. The third-order valence-corrected chi connectivity index (χ3v) is 6.27. The number of halogens is 2. The van der Waals surface area contributed by atoms with Crippen molar-refractivity contribution in [1.82, 2.24) is 20.2 Å². The zero-order chi connectivity index (χ0) is 22.5. The summed E-state index contributed by atoms with van der Waals surface area (Å²) in [5.41, 5.74) is 3.09. The van der Waals surface area contributed by atoms with E-state index in [1.165, 1.54) is 34.8 Å². The van der Waals surface area contributed by atoms with Crippen LogP contribution in [-0.2, 0) is 4.79 Å². The van der Waals surface area contributed by atoms with E-state index in [-0.39, 0.29) is 18.3 Å². The molecular weight excluding hydrogens is 469 g/mol. The number of nitrogens with one attached hydrogen (secondary N) is 1. The number of carbonyl (C=O) groups is 1. The number of carbonyl (C=O) groups excluding carboxylic acids is 1. The largest absolute Gasteiger partial charge is 0.395 e. The highest BCUT2D eigenvalue weighted by molar-refractivity contribution is 7.99. The van der Waals surface area contributed by atoms with Crippen LogP contribution in [0.5, 0.6) is 0 Å². The number of amides is 1. The van der Waals surface area contributed by atoms with E-state index in [1.807, 2.05) is 18.2 Å². The predicted octanol–water partition coefficient (Wildman–Crippen LogP) is 4.31. The molecule has 2 N–H and O–H groups in total. The summed E-state index contributed by atoms with van der Waals surface area (Å²) in [6, 6.07) is 11.0. The van der Waals surface area contributed by atoms with E-state index in [9.17, 15) is 4.79 Å². The lowest BCUT2D eigenvalue weighted by Crippen LogP contribution is -2.15. The fourth-order valence-corrected chi connectivity index (χ4v) is 4.20. The summed E-state index contributed by atoms with van der Waals surface area (Å²) in [6.45, 7) is 0.00774. The van der Waals surface area contributed by atoms with Gasteiger partial charge in [0.15, 0.2) is 0 Å². The van der Waals surface area contributed by atoms with Crippen LogP contribution in [0.2, 0.25) is 10.0 Å². The van der Waals surface area contributed by atoms with Gasteiger partial charge in [0.25, 0.3) is 0 Å². The van der Waals surface area contributed by atoms with E-state index in [2.05, 4.69) is 32.7 Å². The van der Waals surface area contributed by atoms with Crippen molar-refractivity contribution in [1.29, 1.82) is 0 Å². The van der Waals surface area contributed by atoms with Crippen molar-refractivity contribution in [2.75, 3.05) is 17.7 Å². The van der Waals surface area contributed by atoms with Gasteiger partial charge in [0, 0.05) is 12.0 Å². The topological polar surface area (TPSA) is 92.9 Å². The molecule has 1 aliphatic rings. The fraction of sp³-hybridized carbons (Fsp3) is 0.273. The Morgan fingerprint density at radius 2 is 2.06 bits per heavy atom. The average Bonchev–Trinajstić information content (AvgIpc) is 3.53. The highest BCUT2D eigenvalue weighted by atomic mass is 35.5. The first-order chi connectivity index (χ1) is 15.5. The van der Waals surface area contributed by atoms with Gasteiger partial charge in [-0.15, -0.1) is 5.10 Å². The summed E-state index contributed by atoms with van der Waals surface area (Å²) < 4.78 is 1.53. The van der Waals surface area contributed by atoms with E-state index < -0.39 is 0 Å². The molecule has 0 radical (unpaired) electrons. The number of aliphatic hydroxyl groups excluding tert-OH is 1. The number of tetrazole rings is 1. The molecule has 2 aromatic carbocycles. The summed E-state index contributed by atoms with van der Waals surface area (Å²) >= 11 is 13.9. The van der Waals surface area contributed by atoms with E-state index >= 15 is 0 Å². The van der Waals surface area contributed by atoms with Crippen LogP contribution < -0.4 is 5.32 Å². The lowest BCUT2D eigenvalue weighted by molar-refractivity contribution is -0.113. The van der Waals surface area contributed by atoms with Gasteiger partial charge in [-0.2, -0.15) is 4.68 Å². The Hall–Kier alpha value is -2.57. The Labute approximate surface area is 199 Å². The molecule has 1 saturated carbocycles. The Morgan fingerprint density at radius 3 is 2.78 bits per heavy atom. The normalized spacial score (nSPS) is 12.8. The molecule has 1 aromatic heterocycles. The Balaban J connectivity index is 1.38. The molecule has 10 heteroatoms. The first-order valence-electron chi connectivity index (χ1n) is 9.95.